The summed E-state index contributed by atoms with van der Waals surface area (Å²) in [5.41, 5.74) is 2.57. The van der Waals surface area contributed by atoms with Crippen LogP contribution < -0.4 is 10.1 Å². The first-order chi connectivity index (χ1) is 10.0. The Labute approximate surface area is 123 Å². The summed E-state index contributed by atoms with van der Waals surface area (Å²) < 4.78 is 18.6. The van der Waals surface area contributed by atoms with Crippen LogP contribution in [-0.2, 0) is 0 Å². The molecule has 0 spiro atoms. The van der Waals surface area contributed by atoms with Crippen LogP contribution in [0.15, 0.2) is 42.5 Å². The molecule has 1 N–H and O–H groups in total. The Hall–Kier alpha value is -2.36. The van der Waals surface area contributed by atoms with Crippen molar-refractivity contribution in [3.8, 4) is 5.75 Å². The van der Waals surface area contributed by atoms with Crippen LogP contribution in [0.25, 0.3) is 0 Å². The van der Waals surface area contributed by atoms with Gasteiger partial charge < -0.3 is 10.1 Å². The molecule has 0 saturated heterocycles. The Bertz CT molecular complexity index is 620. The molecule has 0 unspecified atom stereocenters. The van der Waals surface area contributed by atoms with Gasteiger partial charge in [-0.1, -0.05) is 12.1 Å². The lowest BCUT2D eigenvalue weighted by Gasteiger charge is -2.09. The van der Waals surface area contributed by atoms with Gasteiger partial charge in [0.15, 0.2) is 0 Å². The molecule has 2 aromatic rings. The molecule has 0 atom stereocenters. The minimum absolute atomic E-state index is 0.307. The number of aryl methyl sites for hydroxylation is 2. The predicted molar refractivity (Wildman–Crippen MR) is 80.1 cm³/mol. The van der Waals surface area contributed by atoms with E-state index in [2.05, 4.69) is 11.4 Å². The van der Waals surface area contributed by atoms with Gasteiger partial charge in [0.05, 0.1) is 6.54 Å². The van der Waals surface area contributed by atoms with E-state index in [1.165, 1.54) is 18.2 Å². The maximum absolute atomic E-state index is 13.0. The average molecular weight is 287 g/mol. The van der Waals surface area contributed by atoms with E-state index < -0.39 is 5.82 Å². The van der Waals surface area contributed by atoms with Crippen LogP contribution in [0, 0.1) is 19.7 Å². The van der Waals surface area contributed by atoms with Crippen molar-refractivity contribution in [2.24, 2.45) is 0 Å². The van der Waals surface area contributed by atoms with Gasteiger partial charge in [0.25, 0.3) is 5.91 Å². The van der Waals surface area contributed by atoms with Gasteiger partial charge in [-0.3, -0.25) is 4.79 Å². The van der Waals surface area contributed by atoms with Crippen LogP contribution >= 0.6 is 0 Å². The molecule has 2 aromatic carbocycles. The van der Waals surface area contributed by atoms with E-state index >= 15 is 0 Å². The van der Waals surface area contributed by atoms with Crippen molar-refractivity contribution in [1.29, 1.82) is 0 Å². The highest BCUT2D eigenvalue weighted by atomic mass is 19.1. The third kappa shape index (κ3) is 4.60. The maximum Gasteiger partial charge on any atom is 0.251 e. The second-order valence-corrected chi connectivity index (χ2v) is 4.94. The van der Waals surface area contributed by atoms with Gasteiger partial charge >= 0.3 is 0 Å². The molecule has 1 amide bonds. The summed E-state index contributed by atoms with van der Waals surface area (Å²) in [5, 5.41) is 2.70. The van der Waals surface area contributed by atoms with Crippen LogP contribution in [0.4, 0.5) is 4.39 Å². The zero-order valence-electron chi connectivity index (χ0n) is 12.2. The molecule has 0 radical (unpaired) electrons. The number of ether oxygens (including phenoxy) is 1. The number of nitrogens with one attached hydrogen (secondary N) is 1. The molecular weight excluding hydrogens is 269 g/mol. The van der Waals surface area contributed by atoms with Gasteiger partial charge in [-0.15, -0.1) is 0 Å². The molecule has 0 aliphatic heterocycles. The highest BCUT2D eigenvalue weighted by molar-refractivity contribution is 5.94. The van der Waals surface area contributed by atoms with E-state index in [1.807, 2.05) is 26.0 Å². The number of halogens is 1. The maximum atomic E-state index is 13.0. The number of rotatable bonds is 5. The Morgan fingerprint density at radius 1 is 1.14 bits per heavy atom. The molecule has 0 aromatic heterocycles. The van der Waals surface area contributed by atoms with E-state index in [-0.39, 0.29) is 5.91 Å². The second kappa shape index (κ2) is 6.88. The highest BCUT2D eigenvalue weighted by Gasteiger charge is 2.05. The van der Waals surface area contributed by atoms with E-state index in [0.29, 0.717) is 18.7 Å². The smallest absolute Gasteiger partial charge is 0.251 e. The number of amides is 1. The third-order valence-electron chi connectivity index (χ3n) is 2.94. The van der Waals surface area contributed by atoms with E-state index in [9.17, 15) is 9.18 Å². The van der Waals surface area contributed by atoms with Gasteiger partial charge in [-0.2, -0.15) is 0 Å². The van der Waals surface area contributed by atoms with Gasteiger partial charge in [-0.05, 0) is 55.3 Å². The number of carbonyl (C=O) groups is 1. The minimum atomic E-state index is -0.422. The fourth-order valence-electron chi connectivity index (χ4n) is 2.08. The summed E-state index contributed by atoms with van der Waals surface area (Å²) in [6.07, 6.45) is 0. The molecule has 2 rings (SSSR count). The van der Waals surface area contributed by atoms with Crippen LogP contribution in [0.3, 0.4) is 0 Å². The summed E-state index contributed by atoms with van der Waals surface area (Å²) in [7, 11) is 0. The molecule has 0 bridgehead atoms. The second-order valence-electron chi connectivity index (χ2n) is 4.94. The predicted octanol–water partition coefficient (Wildman–Crippen LogP) is 3.25. The Morgan fingerprint density at radius 3 is 2.52 bits per heavy atom. The molecule has 21 heavy (non-hydrogen) atoms. The Balaban J connectivity index is 1.80. The van der Waals surface area contributed by atoms with Gasteiger partial charge in [0, 0.05) is 5.56 Å². The normalized spacial score (nSPS) is 10.2. The lowest BCUT2D eigenvalue weighted by molar-refractivity contribution is 0.0946. The van der Waals surface area contributed by atoms with Gasteiger partial charge in [0.1, 0.15) is 18.2 Å². The molecule has 0 saturated carbocycles. The van der Waals surface area contributed by atoms with Crippen molar-refractivity contribution in [2.75, 3.05) is 13.2 Å². The molecule has 4 heteroatoms. The van der Waals surface area contributed by atoms with Crippen molar-refractivity contribution in [1.82, 2.24) is 5.32 Å². The first-order valence-electron chi connectivity index (χ1n) is 6.79. The minimum Gasteiger partial charge on any atom is -0.492 e. The van der Waals surface area contributed by atoms with E-state index in [0.717, 1.165) is 16.9 Å². The molecule has 0 aliphatic carbocycles. The summed E-state index contributed by atoms with van der Waals surface area (Å²) >= 11 is 0. The lowest BCUT2D eigenvalue weighted by Crippen LogP contribution is -2.28. The highest BCUT2D eigenvalue weighted by Crippen LogP contribution is 2.15. The number of hydrogen-bond donors (Lipinski definition) is 1. The quantitative estimate of drug-likeness (QED) is 0.857. The number of benzene rings is 2. The standard InChI is InChI=1S/C17H18FNO2/c1-12-8-13(2)10-16(9-12)21-7-6-19-17(20)14-4-3-5-15(18)11-14/h3-5,8-11H,6-7H2,1-2H3,(H,19,20). The van der Waals surface area contributed by atoms with E-state index in [4.69, 9.17) is 4.74 Å². The van der Waals surface area contributed by atoms with Gasteiger partial charge in [0.2, 0.25) is 0 Å². The van der Waals surface area contributed by atoms with Crippen molar-refractivity contribution in [2.45, 2.75) is 13.8 Å². The first kappa shape index (κ1) is 15.0. The van der Waals surface area contributed by atoms with Crippen molar-refractivity contribution in [3.05, 3.63) is 65.0 Å². The van der Waals surface area contributed by atoms with E-state index in [1.54, 1.807) is 6.07 Å². The summed E-state index contributed by atoms with van der Waals surface area (Å²) in [6, 6.07) is 11.6. The third-order valence-corrected chi connectivity index (χ3v) is 2.94. The van der Waals surface area contributed by atoms with Crippen LogP contribution in [-0.4, -0.2) is 19.1 Å². The van der Waals surface area contributed by atoms with Crippen LogP contribution in [0.5, 0.6) is 5.75 Å². The molecule has 0 aliphatic rings. The summed E-state index contributed by atoms with van der Waals surface area (Å²) in [6.45, 7) is 4.74. The van der Waals surface area contributed by atoms with Gasteiger partial charge in [-0.25, -0.2) is 4.39 Å². The number of carbonyl (C=O) groups excluding carboxylic acids is 1. The Morgan fingerprint density at radius 2 is 1.86 bits per heavy atom. The fourth-order valence-corrected chi connectivity index (χ4v) is 2.08. The lowest BCUT2D eigenvalue weighted by atomic mass is 10.1. The average Bonchev–Trinajstić information content (AvgIpc) is 2.42. The molecule has 3 nitrogen and oxygen atoms in total. The SMILES string of the molecule is Cc1cc(C)cc(OCCNC(=O)c2cccc(F)c2)c1. The first-order valence-corrected chi connectivity index (χ1v) is 6.79. The molecule has 0 heterocycles. The molecule has 0 fully saturated rings. The Kier molecular flexibility index (Phi) is 4.93. The number of hydrogen-bond acceptors (Lipinski definition) is 2. The fraction of sp³-hybridized carbons (Fsp3) is 0.235. The topological polar surface area (TPSA) is 38.3 Å². The molecule has 110 valence electrons. The van der Waals surface area contributed by atoms with Crippen molar-refractivity contribution >= 4 is 5.91 Å². The monoisotopic (exact) mass is 287 g/mol. The van der Waals surface area contributed by atoms with Crippen LogP contribution in [0.2, 0.25) is 0 Å². The van der Waals surface area contributed by atoms with Crippen LogP contribution in [0.1, 0.15) is 21.5 Å². The summed E-state index contributed by atoms with van der Waals surface area (Å²) in [4.78, 5) is 11.8. The largest absolute Gasteiger partial charge is 0.492 e. The summed E-state index contributed by atoms with van der Waals surface area (Å²) in [5.74, 6) is 0.0557. The molecular formula is C17H18FNO2. The zero-order valence-corrected chi connectivity index (χ0v) is 12.2. The van der Waals surface area contributed by atoms with Crippen molar-refractivity contribution < 1.29 is 13.9 Å². The van der Waals surface area contributed by atoms with Crippen molar-refractivity contribution in [3.63, 3.8) is 0 Å². The zero-order chi connectivity index (χ0) is 15.2.